The molecule has 10 N–H and O–H groups in total. The number of benzene rings is 4. The molecule has 4 aromatic rings. The summed E-state index contributed by atoms with van der Waals surface area (Å²) in [6, 6.07) is 37.6. The first-order chi connectivity index (χ1) is 45.0. The fourth-order valence-electron chi connectivity index (χ4n) is 15.3. The van der Waals surface area contributed by atoms with Crippen LogP contribution in [0.2, 0.25) is 0 Å². The average molecular weight is 1480 g/mol. The Bertz CT molecular complexity index is 2230. The molecule has 8 aliphatic rings. The van der Waals surface area contributed by atoms with Crippen LogP contribution in [0.4, 0.5) is 0 Å². The summed E-state index contributed by atoms with van der Waals surface area (Å²) in [5, 5.41) is 98.1. The fraction of sp³-hybridized carbons (Fsp3) is 0.650. The molecule has 7 fully saturated rings. The Hall–Kier alpha value is -2.45. The number of piperidine rings is 3. The number of nitrogens with zero attached hydrogens (tertiary/aromatic N) is 4. The van der Waals surface area contributed by atoms with Gasteiger partial charge in [-0.15, -0.1) is 45.8 Å². The standard InChI is InChI=1S/2C15H28O2.2C15H16O2.C10H18N2.C10H14N2.H2N.3Zn/c4*16-14(12-7-3-1-4-8-12)11-15(17)13-9-5-2-6-10-13;2*1-5-11-6-2-9(1)10-3-7-12-8-4-10;;;;/h2*12-17H,1-11H2;2*1-10,14-17H,11H2;9-10H,1-8H2;1-2,5,10H,3-4,6-8H2;1H2;;;/q;;;;2*-2;-1;;2*+2. The number of aliphatic hydroxyl groups excluding tert-OH is 8. The van der Waals surface area contributed by atoms with Gasteiger partial charge in [-0.1, -0.05) is 255 Å². The van der Waals surface area contributed by atoms with Crippen LogP contribution < -0.4 is 0 Å². The molecule has 8 unspecified atom stereocenters. The van der Waals surface area contributed by atoms with Crippen LogP contribution in [0.1, 0.15) is 239 Å². The summed E-state index contributed by atoms with van der Waals surface area (Å²) in [7, 11) is 0. The van der Waals surface area contributed by atoms with Gasteiger partial charge < -0.3 is 68.3 Å². The number of hydrogen-bond donors (Lipinski definition) is 8. The largest absolute Gasteiger partial charge is 2.00 e. The normalized spacial score (nSPS) is 21.6. The zero-order valence-corrected chi connectivity index (χ0v) is 67.6. The van der Waals surface area contributed by atoms with Crippen LogP contribution in [-0.4, -0.2) is 111 Å². The van der Waals surface area contributed by atoms with E-state index in [1.165, 1.54) is 173 Å². The third-order valence-corrected chi connectivity index (χ3v) is 21.2. The van der Waals surface area contributed by atoms with E-state index < -0.39 is 24.4 Å². The predicted octanol–water partition coefficient (Wildman–Crippen LogP) is 18.1. The number of hydrogen-bond acceptors (Lipinski definition) is 8. The van der Waals surface area contributed by atoms with Gasteiger partial charge in [-0.2, -0.15) is 6.20 Å². The minimum absolute atomic E-state index is 0. The SMILES string of the molecule is C1=CC(C2CC[N-]CC2)=CC[N-]1.C1CC(C2CC[N-]CC2)CC[N-]1.OC(CC(O)C1CCCCC1)C1CCCCC1.OC(CC(O)C1CCCCC1)C1CCCCC1.OC(CC(O)c1ccccc1)c1ccccc1.OC(CC(O)c1ccccc1)c1ccccc1.[NH2-].[Zn+2].[Zn+2].[Zn]. The zero-order valence-electron chi connectivity index (χ0n) is 58.7. The van der Waals surface area contributed by atoms with Gasteiger partial charge in [-0.25, -0.2) is 0 Å². The first-order valence-corrected chi connectivity index (χ1v) is 36.6. The van der Waals surface area contributed by atoms with E-state index in [9.17, 15) is 40.9 Å². The maximum Gasteiger partial charge on any atom is 2.00 e. The molecule has 12 rings (SSSR count). The predicted molar refractivity (Wildman–Crippen MR) is 383 cm³/mol. The molecular weight excluding hydrogens is 1360 g/mol. The number of aliphatic hydroxyl groups is 8. The third kappa shape index (κ3) is 33.6. The number of nitrogens with two attached hydrogens (primary N) is 1. The number of rotatable bonds is 18. The van der Waals surface area contributed by atoms with E-state index in [1.54, 1.807) is 0 Å². The molecule has 522 valence electrons. The van der Waals surface area contributed by atoms with Crippen LogP contribution >= 0.6 is 0 Å². The number of allylic oxidation sites excluding steroid dienone is 2. The smallest absolute Gasteiger partial charge is 0.693 e. The van der Waals surface area contributed by atoms with Crippen molar-refractivity contribution >= 4 is 0 Å². The third-order valence-electron chi connectivity index (χ3n) is 21.2. The summed E-state index contributed by atoms with van der Waals surface area (Å²) in [4.78, 5) is 0. The maximum atomic E-state index is 10.2. The van der Waals surface area contributed by atoms with Crippen molar-refractivity contribution in [1.29, 1.82) is 0 Å². The van der Waals surface area contributed by atoms with E-state index in [1.807, 2.05) is 128 Å². The topological polar surface area (TPSA) is 252 Å². The molecule has 96 heavy (non-hydrogen) atoms. The molecule has 13 nitrogen and oxygen atoms in total. The van der Waals surface area contributed by atoms with E-state index in [2.05, 4.69) is 33.4 Å². The van der Waals surface area contributed by atoms with Gasteiger partial charge in [-0.3, -0.25) is 0 Å². The van der Waals surface area contributed by atoms with Gasteiger partial charge in [0.15, 0.2) is 0 Å². The first kappa shape index (κ1) is 87.8. The van der Waals surface area contributed by atoms with Crippen LogP contribution in [0.15, 0.2) is 145 Å². The second-order valence-corrected chi connectivity index (χ2v) is 27.9. The van der Waals surface area contributed by atoms with Crippen LogP contribution in [-0.2, 0) is 58.4 Å². The van der Waals surface area contributed by atoms with Crippen molar-refractivity contribution in [3.8, 4) is 0 Å². The van der Waals surface area contributed by atoms with Crippen LogP contribution in [0.5, 0.6) is 0 Å². The van der Waals surface area contributed by atoms with Crippen molar-refractivity contribution in [2.75, 3.05) is 45.8 Å². The summed E-state index contributed by atoms with van der Waals surface area (Å²) in [6.45, 7) is 7.46. The Labute approximate surface area is 618 Å². The quantitative estimate of drug-likeness (QED) is 0.0444. The van der Waals surface area contributed by atoms with Crippen LogP contribution in [0.25, 0.3) is 27.4 Å². The van der Waals surface area contributed by atoms with Gasteiger partial charge in [0.1, 0.15) is 0 Å². The van der Waals surface area contributed by atoms with Gasteiger partial charge >= 0.3 is 39.0 Å². The van der Waals surface area contributed by atoms with Crippen molar-refractivity contribution in [2.24, 2.45) is 41.4 Å². The van der Waals surface area contributed by atoms with E-state index in [-0.39, 0.29) is 89.0 Å². The molecule has 3 saturated heterocycles. The summed E-state index contributed by atoms with van der Waals surface area (Å²) in [6.07, 6.45) is 37.3. The van der Waals surface area contributed by atoms with Gasteiger partial charge in [0.2, 0.25) is 0 Å². The Morgan fingerprint density at radius 2 is 0.573 bits per heavy atom. The van der Waals surface area contributed by atoms with Crippen LogP contribution in [0, 0.1) is 41.4 Å². The molecule has 4 aromatic carbocycles. The molecule has 4 heterocycles. The molecule has 4 aliphatic heterocycles. The fourth-order valence-corrected chi connectivity index (χ4v) is 15.3. The minimum Gasteiger partial charge on any atom is -0.693 e. The summed E-state index contributed by atoms with van der Waals surface area (Å²) in [5.74, 6) is 4.57. The van der Waals surface area contributed by atoms with Crippen molar-refractivity contribution in [1.82, 2.24) is 0 Å². The molecule has 16 heteroatoms. The van der Waals surface area contributed by atoms with E-state index >= 15 is 0 Å². The molecule has 0 radical (unpaired) electrons. The van der Waals surface area contributed by atoms with Crippen molar-refractivity contribution in [3.63, 3.8) is 0 Å². The first-order valence-electron chi connectivity index (χ1n) is 36.6. The van der Waals surface area contributed by atoms with E-state index in [0.717, 1.165) is 85.8 Å². The molecule has 0 spiro atoms. The minimum atomic E-state index is -0.633. The summed E-state index contributed by atoms with van der Waals surface area (Å²) in [5.41, 5.74) is 4.83. The van der Waals surface area contributed by atoms with E-state index in [4.69, 9.17) is 0 Å². The van der Waals surface area contributed by atoms with Crippen molar-refractivity contribution in [2.45, 2.75) is 241 Å². The van der Waals surface area contributed by atoms with Crippen molar-refractivity contribution in [3.05, 3.63) is 195 Å². The molecule has 8 atom stereocenters. The molecule has 4 aliphatic carbocycles. The Balaban J connectivity index is 0.000000299. The van der Waals surface area contributed by atoms with E-state index in [0.29, 0.717) is 49.4 Å². The summed E-state index contributed by atoms with van der Waals surface area (Å²) >= 11 is 0. The van der Waals surface area contributed by atoms with Gasteiger partial charge in [0, 0.05) is 32.3 Å². The maximum absolute atomic E-state index is 10.2. The monoisotopic (exact) mass is 1470 g/mol. The molecule has 0 bridgehead atoms. The zero-order chi connectivity index (χ0) is 64.8. The van der Waals surface area contributed by atoms with Crippen LogP contribution in [0.3, 0.4) is 0 Å². The van der Waals surface area contributed by atoms with Gasteiger partial charge in [0.25, 0.3) is 0 Å². The summed E-state index contributed by atoms with van der Waals surface area (Å²) < 4.78 is 0. The average Bonchev–Trinajstić information content (AvgIpc) is 1.71. The van der Waals surface area contributed by atoms with Crippen molar-refractivity contribution < 1.29 is 99.3 Å². The second-order valence-electron chi connectivity index (χ2n) is 27.9. The Morgan fingerprint density at radius 3 is 0.812 bits per heavy atom. The Morgan fingerprint density at radius 1 is 0.323 bits per heavy atom. The van der Waals surface area contributed by atoms with Gasteiger partial charge in [0.05, 0.1) is 48.8 Å². The molecule has 0 aromatic heterocycles. The molecule has 0 amide bonds. The molecular formula is C80H122N5O8Zn3-. The van der Waals surface area contributed by atoms with Gasteiger partial charge in [-0.05, 0) is 128 Å². The second kappa shape index (κ2) is 52.5. The Kier molecular flexibility index (Phi) is 48.0. The molecule has 4 saturated carbocycles.